The number of Topliss-reactive ketones (excluding diaryl/α,β-unsaturated/α-hetero) is 1. The molecule has 22 nitrogen and oxygen atoms in total. The van der Waals surface area contributed by atoms with Gasteiger partial charge in [0.25, 0.3) is 0 Å². The molecule has 8 rings (SSSR count). The molecule has 2 saturated carbocycles. The Balaban J connectivity index is 0.000000426. The number of hydrogen-bond donors (Lipinski definition) is 8. The Morgan fingerprint density at radius 2 is 1.58 bits per heavy atom. The summed E-state index contributed by atoms with van der Waals surface area (Å²) in [4.78, 5) is 83.6. The third-order valence-electron chi connectivity index (χ3n) is 15.2. The molecule has 1 amide bonds. The first-order valence-corrected chi connectivity index (χ1v) is 24.4. The number of hydrogen-bond acceptors (Lipinski definition) is 20. The van der Waals surface area contributed by atoms with E-state index in [1.165, 1.54) is 26.0 Å². The number of aliphatic hydroxyl groups excluding tert-OH is 5. The Morgan fingerprint density at radius 3 is 2.12 bits per heavy atom. The number of aromatic nitrogens is 2. The largest absolute Gasteiger partial charge is 0.456 e. The van der Waals surface area contributed by atoms with Gasteiger partial charge in [-0.05, 0) is 69.5 Å². The molecule has 2 bridgehead atoms. The summed E-state index contributed by atoms with van der Waals surface area (Å²) >= 11 is 0. The van der Waals surface area contributed by atoms with Crippen LogP contribution >= 0.6 is 12.4 Å². The van der Waals surface area contributed by atoms with E-state index in [0.717, 1.165) is 19.2 Å². The van der Waals surface area contributed by atoms with Crippen molar-refractivity contribution in [3.8, 4) is 0 Å². The molecule has 4 fully saturated rings. The Kier molecular flexibility index (Phi) is 17.3. The van der Waals surface area contributed by atoms with E-state index in [9.17, 15) is 63.1 Å². The number of alkyl carbamates (subject to hydrolysis) is 1. The van der Waals surface area contributed by atoms with Gasteiger partial charge in [0.1, 0.15) is 47.5 Å². The maximum atomic E-state index is 14.9. The number of aliphatic hydroxyl groups is 6. The van der Waals surface area contributed by atoms with Crippen LogP contribution in [0.25, 0.3) is 0 Å². The number of fused-ring (bicyclic) bond motifs is 5. The molecule has 3 aliphatic carbocycles. The minimum absolute atomic E-state index is 0. The molecule has 2 saturated heterocycles. The van der Waals surface area contributed by atoms with E-state index in [4.69, 9.17) is 39.3 Å². The molecule has 422 valence electrons. The zero-order valence-corrected chi connectivity index (χ0v) is 44.1. The number of nitrogens with zero attached hydrogens (tertiary/aromatic N) is 2. The molecule has 3 aromatic rings. The monoisotopic (exact) mass is 1110 g/mol. The quantitative estimate of drug-likeness (QED) is 0.0821. The SMILES string of the molecule is CC(=O)O[C@@]12CO[C@@H]1C[C@H](O)[C@@]1(C)C(=O)[C@H](O)C3=C(C)[C@@H](OC(=O)[C@H](O)[C@@H](NC(=O)OC(C)(C)C)c4ccccc4)C[C@@](O)([C@@H](OC(=O)c4ccccc4)[C@H]21)C3(C)C.Cl.Nc1ccn([C@@H]2O[C@H](CO)[C@@H](O)C2(F)F)c(=O)n1. The molecule has 77 heavy (non-hydrogen) atoms. The van der Waals surface area contributed by atoms with Crippen molar-refractivity contribution in [3.05, 3.63) is 106 Å². The van der Waals surface area contributed by atoms with Crippen molar-refractivity contribution < 1.29 is 91.8 Å². The predicted molar refractivity (Wildman–Crippen MR) is 266 cm³/mol. The van der Waals surface area contributed by atoms with Crippen molar-refractivity contribution in [1.82, 2.24) is 14.9 Å². The van der Waals surface area contributed by atoms with Crippen LogP contribution in [0, 0.1) is 16.7 Å². The average Bonchev–Trinajstić information content (AvgIpc) is 3.61. The molecule has 14 atom stereocenters. The van der Waals surface area contributed by atoms with E-state index in [-0.39, 0.29) is 48.0 Å². The molecule has 9 N–H and O–H groups in total. The maximum absolute atomic E-state index is 14.9. The number of halogens is 3. The van der Waals surface area contributed by atoms with Gasteiger partial charge >= 0.3 is 35.6 Å². The highest BCUT2D eigenvalue weighted by Crippen LogP contribution is 2.64. The minimum Gasteiger partial charge on any atom is -0.456 e. The van der Waals surface area contributed by atoms with Crippen LogP contribution in [-0.4, -0.2) is 155 Å². The lowest BCUT2D eigenvalue weighted by Gasteiger charge is -2.67. The predicted octanol–water partition coefficient (Wildman–Crippen LogP) is 2.39. The lowest BCUT2D eigenvalue weighted by Crippen LogP contribution is -2.81. The number of carbonyl (C=O) groups is 5. The standard InChI is InChI=1S/C43H53NO14.C9H11F2N3O4.ClH/c1-22-26(55-37(51)32(48)30(24-15-11-9-12-16-24)44-38(52)58-39(3,4)5)20-43(53)35(56-36(50)25-17-13-10-14-18-25)33-41(8,34(49)31(47)29(22)40(43,6)7)27(46)19-28-42(33,21-54-28)57-23(2)45;10-9(11)6(16)4(3-15)18-7(9)14-2-1-5(12)13-8(14)17;/h9-18,26-28,30-33,35,46-48,53H,19-21H2,1-8H3,(H,44,52);1-2,4,6-7,15-16H,3H2,(H2,12,13,17);1H/t26-,27-,28+,30-,31+,32+,33-,35-,41+,42-,43+;4-,6-,7-;/m01./s1. The van der Waals surface area contributed by atoms with Crippen molar-refractivity contribution >= 4 is 48.0 Å². The summed E-state index contributed by atoms with van der Waals surface area (Å²) in [5.74, 6) is -9.19. The fraction of sp³-hybridized carbons (Fsp3) is 0.558. The zero-order valence-electron chi connectivity index (χ0n) is 43.3. The molecule has 25 heteroatoms. The highest BCUT2D eigenvalue weighted by Gasteiger charge is 2.78. The summed E-state index contributed by atoms with van der Waals surface area (Å²) in [7, 11) is 0. The first kappa shape index (κ1) is 60.3. The van der Waals surface area contributed by atoms with E-state index in [1.807, 2.05) is 0 Å². The number of nitrogens with two attached hydrogens (primary N) is 1. The number of carbonyl (C=O) groups excluding carboxylic acids is 5. The summed E-state index contributed by atoms with van der Waals surface area (Å²) in [6.45, 7) is 11.0. The summed E-state index contributed by atoms with van der Waals surface area (Å²) in [6, 6.07) is 15.8. The molecule has 3 heterocycles. The number of rotatable bonds is 10. The van der Waals surface area contributed by atoms with Crippen molar-refractivity contribution in [2.45, 2.75) is 152 Å². The second-order valence-electron chi connectivity index (χ2n) is 21.4. The molecule has 2 aliphatic heterocycles. The Morgan fingerprint density at radius 1 is 0.974 bits per heavy atom. The highest BCUT2D eigenvalue weighted by atomic mass is 35.5. The topological polar surface area (TPSA) is 335 Å². The summed E-state index contributed by atoms with van der Waals surface area (Å²) in [5.41, 5.74) is -3.93. The van der Waals surface area contributed by atoms with Gasteiger partial charge in [-0.3, -0.25) is 14.2 Å². The number of alkyl halides is 2. The number of amides is 1. The van der Waals surface area contributed by atoms with E-state index < -0.39 is 149 Å². The molecule has 5 aliphatic rings. The number of ketones is 1. The van der Waals surface area contributed by atoms with Gasteiger partial charge in [0, 0.05) is 31.4 Å². The Bertz CT molecular complexity index is 2800. The van der Waals surface area contributed by atoms with Gasteiger partial charge in [-0.2, -0.15) is 13.8 Å². The summed E-state index contributed by atoms with van der Waals surface area (Å²) < 4.78 is 62.2. The van der Waals surface area contributed by atoms with Crippen molar-refractivity contribution in [1.29, 1.82) is 0 Å². The van der Waals surface area contributed by atoms with Crippen LogP contribution in [0.5, 0.6) is 0 Å². The molecule has 0 radical (unpaired) electrons. The van der Waals surface area contributed by atoms with Crippen LogP contribution in [0.3, 0.4) is 0 Å². The van der Waals surface area contributed by atoms with Crippen LogP contribution in [0.15, 0.2) is 88.9 Å². The van der Waals surface area contributed by atoms with Crippen LogP contribution < -0.4 is 16.7 Å². The molecular weight excluding hydrogens is 1040 g/mol. The van der Waals surface area contributed by atoms with Crippen LogP contribution in [-0.2, 0) is 42.8 Å². The summed E-state index contributed by atoms with van der Waals surface area (Å²) in [5, 5.41) is 69.7. The van der Waals surface area contributed by atoms with Crippen molar-refractivity contribution in [2.75, 3.05) is 18.9 Å². The van der Waals surface area contributed by atoms with Gasteiger partial charge < -0.3 is 70.1 Å². The van der Waals surface area contributed by atoms with Crippen molar-refractivity contribution in [3.63, 3.8) is 0 Å². The first-order valence-electron chi connectivity index (χ1n) is 24.4. The van der Waals surface area contributed by atoms with Gasteiger partial charge in [-0.15, -0.1) is 12.4 Å². The third-order valence-corrected chi connectivity index (χ3v) is 15.2. The minimum atomic E-state index is -3.71. The molecule has 1 aromatic heterocycles. The van der Waals surface area contributed by atoms with Gasteiger partial charge in [-0.25, -0.2) is 19.2 Å². The number of benzene rings is 2. The summed E-state index contributed by atoms with van der Waals surface area (Å²) in [6.07, 6.45) is -16.2. The fourth-order valence-corrected chi connectivity index (χ4v) is 11.3. The van der Waals surface area contributed by atoms with Gasteiger partial charge in [-0.1, -0.05) is 62.4 Å². The van der Waals surface area contributed by atoms with Gasteiger partial charge in [0.2, 0.25) is 6.23 Å². The smallest absolute Gasteiger partial charge is 0.408 e. The molecule has 2 aromatic carbocycles. The number of nitrogens with one attached hydrogen (secondary N) is 1. The van der Waals surface area contributed by atoms with E-state index in [0.29, 0.717) is 10.1 Å². The highest BCUT2D eigenvalue weighted by molar-refractivity contribution is 5.94. The van der Waals surface area contributed by atoms with Crippen LogP contribution in [0.2, 0.25) is 0 Å². The number of ether oxygens (including phenoxy) is 6. The number of nitrogen functional groups attached to an aromatic ring is 1. The van der Waals surface area contributed by atoms with Gasteiger partial charge in [0.15, 0.2) is 23.6 Å². The van der Waals surface area contributed by atoms with Crippen molar-refractivity contribution in [2.24, 2.45) is 16.7 Å². The average molecular weight is 1110 g/mol. The fourth-order valence-electron chi connectivity index (χ4n) is 11.3. The number of esters is 3. The second kappa shape index (κ2) is 22.1. The van der Waals surface area contributed by atoms with E-state index in [2.05, 4.69) is 10.3 Å². The lowest BCUT2D eigenvalue weighted by atomic mass is 9.44. The first-order chi connectivity index (χ1) is 35.4. The second-order valence-corrected chi connectivity index (χ2v) is 21.4. The normalized spacial score (nSPS) is 32.5. The molecule has 0 unspecified atom stereocenters. The van der Waals surface area contributed by atoms with Gasteiger partial charge in [0.05, 0.1) is 42.3 Å². The third kappa shape index (κ3) is 10.8. The van der Waals surface area contributed by atoms with Crippen LogP contribution in [0.4, 0.5) is 19.4 Å². The molecule has 0 spiro atoms. The van der Waals surface area contributed by atoms with Crippen LogP contribution in [0.1, 0.15) is 96.4 Å². The Labute approximate surface area is 446 Å². The number of anilines is 1. The zero-order chi connectivity index (χ0) is 56.2. The maximum Gasteiger partial charge on any atom is 0.408 e. The molecular formula is C52H65ClF2N4O18. The van der Waals surface area contributed by atoms with E-state index in [1.54, 1.807) is 83.1 Å². The van der Waals surface area contributed by atoms with E-state index >= 15 is 0 Å². The Hall–Kier alpha value is -5.96. The lowest BCUT2D eigenvalue weighted by molar-refractivity contribution is -0.346.